The second-order valence-electron chi connectivity index (χ2n) is 14.3. The van der Waals surface area contributed by atoms with Crippen molar-refractivity contribution in [2.45, 2.75) is 0 Å². The second-order valence-corrected chi connectivity index (χ2v) is 14.3. The number of para-hydroxylation sites is 2. The summed E-state index contributed by atoms with van der Waals surface area (Å²) in [5, 5.41) is 6.54. The summed E-state index contributed by atoms with van der Waals surface area (Å²) in [6, 6.07) is 60.3. The van der Waals surface area contributed by atoms with Gasteiger partial charge in [-0.05, 0) is 47.9 Å². The number of nitrogens with one attached hydrogen (secondary N) is 1. The molecule has 0 aliphatic rings. The highest BCUT2D eigenvalue weighted by atomic mass is 16.3. The van der Waals surface area contributed by atoms with Crippen LogP contribution in [0.3, 0.4) is 0 Å². The van der Waals surface area contributed by atoms with E-state index in [1.54, 1.807) is 0 Å². The smallest absolute Gasteiger partial charge is 0.167 e. The van der Waals surface area contributed by atoms with E-state index in [4.69, 9.17) is 24.4 Å². The number of aromatic amines is 1. The monoisotopic (exact) mass is 730 g/mol. The van der Waals surface area contributed by atoms with Crippen molar-refractivity contribution in [3.63, 3.8) is 0 Å². The van der Waals surface area contributed by atoms with Gasteiger partial charge in [-0.15, -0.1) is 0 Å². The Morgan fingerprint density at radius 2 is 1.09 bits per heavy atom. The van der Waals surface area contributed by atoms with Crippen LogP contribution in [0.1, 0.15) is 0 Å². The van der Waals surface area contributed by atoms with Crippen LogP contribution in [-0.2, 0) is 0 Å². The first kappa shape index (κ1) is 31.5. The summed E-state index contributed by atoms with van der Waals surface area (Å²) >= 11 is 0. The summed E-state index contributed by atoms with van der Waals surface area (Å²) in [5.74, 6) is 2.56. The summed E-state index contributed by atoms with van der Waals surface area (Å²) in [6.45, 7) is 0. The Morgan fingerprint density at radius 1 is 0.456 bits per heavy atom. The molecule has 4 heterocycles. The molecule has 0 aliphatic heterocycles. The average Bonchev–Trinajstić information content (AvgIpc) is 3.98. The fourth-order valence-corrected chi connectivity index (χ4v) is 8.36. The largest absolute Gasteiger partial charge is 0.455 e. The van der Waals surface area contributed by atoms with Crippen molar-refractivity contribution in [1.82, 2.24) is 29.5 Å². The lowest BCUT2D eigenvalue weighted by atomic mass is 10.0. The lowest BCUT2D eigenvalue weighted by Crippen LogP contribution is -2.02. The molecule has 7 nitrogen and oxygen atoms in total. The molecule has 0 unspecified atom stereocenters. The summed E-state index contributed by atoms with van der Waals surface area (Å²) in [6.07, 6.45) is 0. The first-order chi connectivity index (χ1) is 28.2. The Bertz CT molecular complexity index is 3460. The molecule has 0 fully saturated rings. The SMILES string of the molecule is c1ccc(-c2nc(-c3ccccc3)nc(-c3ccc(-n4c(-c5ccccc5)nc5ccc6cc7[nH]c8ccccc8c7cc6c54)c4c3oc3ccccc34)n2)cc1. The lowest BCUT2D eigenvalue weighted by Gasteiger charge is -2.14. The third-order valence-corrected chi connectivity index (χ3v) is 11.0. The molecular weight excluding hydrogens is 701 g/mol. The molecule has 0 atom stereocenters. The van der Waals surface area contributed by atoms with Gasteiger partial charge in [-0.25, -0.2) is 19.9 Å². The lowest BCUT2D eigenvalue weighted by molar-refractivity contribution is 0.669. The molecule has 0 bridgehead atoms. The normalized spacial score (nSPS) is 11.9. The van der Waals surface area contributed by atoms with Crippen molar-refractivity contribution >= 4 is 65.6 Å². The van der Waals surface area contributed by atoms with Crippen molar-refractivity contribution in [3.05, 3.63) is 176 Å². The molecule has 0 aliphatic carbocycles. The molecule has 12 aromatic rings. The average molecular weight is 731 g/mol. The van der Waals surface area contributed by atoms with E-state index in [-0.39, 0.29) is 0 Å². The summed E-state index contributed by atoms with van der Waals surface area (Å²) in [5.41, 5.74) is 10.2. The molecule has 0 saturated carbocycles. The Morgan fingerprint density at radius 3 is 1.82 bits per heavy atom. The predicted molar refractivity (Wildman–Crippen MR) is 230 cm³/mol. The predicted octanol–water partition coefficient (Wildman–Crippen LogP) is 12.6. The van der Waals surface area contributed by atoms with Crippen molar-refractivity contribution < 1.29 is 4.42 Å². The molecule has 266 valence electrons. The topological polar surface area (TPSA) is 85.4 Å². The maximum absolute atomic E-state index is 6.87. The Hall–Kier alpha value is -7.90. The van der Waals surface area contributed by atoms with Crippen molar-refractivity contribution in [2.75, 3.05) is 0 Å². The van der Waals surface area contributed by atoms with E-state index in [2.05, 4.69) is 107 Å². The van der Waals surface area contributed by atoms with Crippen LogP contribution < -0.4 is 0 Å². The van der Waals surface area contributed by atoms with Crippen LogP contribution in [-0.4, -0.2) is 29.5 Å². The number of fused-ring (bicyclic) bond motifs is 9. The van der Waals surface area contributed by atoms with Crippen molar-refractivity contribution in [3.8, 4) is 51.2 Å². The first-order valence-electron chi connectivity index (χ1n) is 19.0. The number of nitrogens with zero attached hydrogens (tertiary/aromatic N) is 5. The summed E-state index contributed by atoms with van der Waals surface area (Å²) < 4.78 is 9.19. The summed E-state index contributed by atoms with van der Waals surface area (Å²) in [7, 11) is 0. The highest BCUT2D eigenvalue weighted by Gasteiger charge is 2.25. The standard InChI is InChI=1S/C50H30N6O/c1-4-14-30(15-5-1)47-53-48(31-16-6-2-7-17-31)55-49(54-47)36-25-27-42(44-35-21-11-13-23-43(35)57-46(36)44)56-45-37-29-38-34-20-10-12-22-39(34)51-41(38)28-33(37)24-26-40(45)52-50(56)32-18-8-3-9-19-32/h1-29,51H. The van der Waals surface area contributed by atoms with E-state index in [1.165, 1.54) is 10.8 Å². The molecule has 0 radical (unpaired) electrons. The number of rotatable bonds is 5. The second kappa shape index (κ2) is 12.3. The Kier molecular flexibility index (Phi) is 6.79. The van der Waals surface area contributed by atoms with Gasteiger partial charge in [-0.2, -0.15) is 0 Å². The number of H-pyrrole nitrogens is 1. The number of hydrogen-bond acceptors (Lipinski definition) is 5. The molecule has 1 N–H and O–H groups in total. The number of hydrogen-bond donors (Lipinski definition) is 1. The van der Waals surface area contributed by atoms with Gasteiger partial charge >= 0.3 is 0 Å². The van der Waals surface area contributed by atoms with Crippen LogP contribution in [0.2, 0.25) is 0 Å². The van der Waals surface area contributed by atoms with Gasteiger partial charge in [0.05, 0.1) is 27.7 Å². The fourth-order valence-electron chi connectivity index (χ4n) is 8.36. The molecule has 0 saturated heterocycles. The van der Waals surface area contributed by atoms with Gasteiger partial charge in [0.2, 0.25) is 0 Å². The van der Waals surface area contributed by atoms with E-state index in [1.807, 2.05) is 78.9 Å². The van der Waals surface area contributed by atoms with Gasteiger partial charge in [-0.3, -0.25) is 4.57 Å². The zero-order valence-electron chi connectivity index (χ0n) is 30.4. The quantitative estimate of drug-likeness (QED) is 0.191. The number of imidazole rings is 1. The zero-order valence-corrected chi connectivity index (χ0v) is 30.4. The van der Waals surface area contributed by atoms with Crippen LogP contribution in [0.25, 0.3) is 117 Å². The van der Waals surface area contributed by atoms with Crippen LogP contribution in [0, 0.1) is 0 Å². The molecular formula is C50H30N6O. The van der Waals surface area contributed by atoms with Crippen molar-refractivity contribution in [1.29, 1.82) is 0 Å². The van der Waals surface area contributed by atoms with E-state index >= 15 is 0 Å². The minimum Gasteiger partial charge on any atom is -0.455 e. The highest BCUT2D eigenvalue weighted by Crippen LogP contribution is 2.43. The van der Waals surface area contributed by atoms with Crippen LogP contribution in [0.4, 0.5) is 0 Å². The number of benzene rings is 8. The Balaban J connectivity index is 1.19. The van der Waals surface area contributed by atoms with Crippen LogP contribution in [0.15, 0.2) is 180 Å². The molecule has 12 rings (SSSR count). The minimum atomic E-state index is 0.532. The number of furan rings is 1. The summed E-state index contributed by atoms with van der Waals surface area (Å²) in [4.78, 5) is 24.2. The van der Waals surface area contributed by atoms with E-state index in [0.717, 1.165) is 83.0 Å². The molecule has 57 heavy (non-hydrogen) atoms. The maximum Gasteiger partial charge on any atom is 0.167 e. The van der Waals surface area contributed by atoms with Crippen LogP contribution >= 0.6 is 0 Å². The molecule has 0 spiro atoms. The van der Waals surface area contributed by atoms with E-state index < -0.39 is 0 Å². The van der Waals surface area contributed by atoms with Gasteiger partial charge in [0.15, 0.2) is 17.5 Å². The van der Waals surface area contributed by atoms with Gasteiger partial charge in [0.25, 0.3) is 0 Å². The van der Waals surface area contributed by atoms with Gasteiger partial charge in [0, 0.05) is 49.3 Å². The fraction of sp³-hybridized carbons (Fsp3) is 0. The maximum atomic E-state index is 6.87. The van der Waals surface area contributed by atoms with Gasteiger partial charge in [-0.1, -0.05) is 133 Å². The minimum absolute atomic E-state index is 0.532. The van der Waals surface area contributed by atoms with Crippen molar-refractivity contribution in [2.24, 2.45) is 0 Å². The molecule has 7 heteroatoms. The van der Waals surface area contributed by atoms with E-state index in [9.17, 15) is 0 Å². The number of aromatic nitrogens is 6. The Labute approximate surface area is 325 Å². The third kappa shape index (κ3) is 4.92. The molecule has 8 aromatic carbocycles. The van der Waals surface area contributed by atoms with Crippen LogP contribution in [0.5, 0.6) is 0 Å². The van der Waals surface area contributed by atoms with Gasteiger partial charge in [0.1, 0.15) is 17.0 Å². The third-order valence-electron chi connectivity index (χ3n) is 11.0. The van der Waals surface area contributed by atoms with E-state index in [0.29, 0.717) is 23.1 Å². The molecule has 0 amide bonds. The molecule has 4 aromatic heterocycles. The highest BCUT2D eigenvalue weighted by molar-refractivity contribution is 6.19. The zero-order chi connectivity index (χ0) is 37.5. The van der Waals surface area contributed by atoms with Gasteiger partial charge < -0.3 is 9.40 Å². The first-order valence-corrected chi connectivity index (χ1v) is 19.0.